The molecule has 0 radical (unpaired) electrons. The van der Waals surface area contributed by atoms with Gasteiger partial charge in [0.25, 0.3) is 0 Å². The number of ether oxygens (including phenoxy) is 2. The number of hydrogen-bond donors (Lipinski definition) is 1. The average Bonchev–Trinajstić information content (AvgIpc) is 2.70. The zero-order chi connectivity index (χ0) is 18.7. The van der Waals surface area contributed by atoms with Crippen LogP contribution in [0.5, 0.6) is 11.5 Å². The Hall–Kier alpha value is -2.11. The van der Waals surface area contributed by atoms with Gasteiger partial charge in [-0.2, -0.15) is 0 Å². The van der Waals surface area contributed by atoms with Gasteiger partial charge in [0, 0.05) is 13.2 Å². The fraction of sp³-hybridized carbons (Fsp3) is 0.455. The molecule has 2 aromatic carbocycles. The van der Waals surface area contributed by atoms with Gasteiger partial charge >= 0.3 is 0 Å². The van der Waals surface area contributed by atoms with Gasteiger partial charge in [-0.1, -0.05) is 18.2 Å². The Morgan fingerprint density at radius 1 is 0.963 bits per heavy atom. The van der Waals surface area contributed by atoms with E-state index in [0.29, 0.717) is 13.2 Å². The molecule has 5 heteroatoms. The van der Waals surface area contributed by atoms with Crippen molar-refractivity contribution in [2.75, 3.05) is 32.9 Å². The van der Waals surface area contributed by atoms with Crippen molar-refractivity contribution in [2.24, 2.45) is 5.41 Å². The molecule has 27 heavy (non-hydrogen) atoms. The highest BCUT2D eigenvalue weighted by Gasteiger charge is 2.34. The number of aliphatic hydroxyl groups excluding tert-OH is 1. The molecular formula is C22H26FNO3. The predicted molar refractivity (Wildman–Crippen MR) is 102 cm³/mol. The van der Waals surface area contributed by atoms with Crippen molar-refractivity contribution in [3.05, 3.63) is 59.4 Å². The zero-order valence-corrected chi connectivity index (χ0v) is 15.5. The molecule has 4 rings (SSSR count). The molecule has 1 fully saturated rings. The van der Waals surface area contributed by atoms with Crippen LogP contribution in [0.2, 0.25) is 0 Å². The minimum atomic E-state index is -0.211. The monoisotopic (exact) mass is 371 g/mol. The summed E-state index contributed by atoms with van der Waals surface area (Å²) in [5.74, 6) is 1.43. The third kappa shape index (κ3) is 4.25. The number of benzene rings is 2. The molecule has 1 N–H and O–H groups in total. The zero-order valence-electron chi connectivity index (χ0n) is 15.5. The first-order valence-corrected chi connectivity index (χ1v) is 9.62. The van der Waals surface area contributed by atoms with Gasteiger partial charge in [0.15, 0.2) is 11.5 Å². The Kier molecular flexibility index (Phi) is 5.32. The van der Waals surface area contributed by atoms with Gasteiger partial charge in [-0.3, -0.25) is 4.90 Å². The quantitative estimate of drug-likeness (QED) is 0.875. The van der Waals surface area contributed by atoms with E-state index in [0.717, 1.165) is 56.0 Å². The summed E-state index contributed by atoms with van der Waals surface area (Å²) in [6, 6.07) is 12.9. The smallest absolute Gasteiger partial charge is 0.161 e. The molecule has 2 aromatic rings. The fourth-order valence-electron chi connectivity index (χ4n) is 4.10. The first-order valence-electron chi connectivity index (χ1n) is 9.62. The molecule has 2 aliphatic rings. The first kappa shape index (κ1) is 18.3. The summed E-state index contributed by atoms with van der Waals surface area (Å²) >= 11 is 0. The Balaban J connectivity index is 1.37. The third-order valence-electron chi connectivity index (χ3n) is 5.73. The minimum absolute atomic E-state index is 0.140. The van der Waals surface area contributed by atoms with Crippen LogP contribution in [-0.2, 0) is 13.0 Å². The summed E-state index contributed by atoms with van der Waals surface area (Å²) < 4.78 is 24.7. The van der Waals surface area contributed by atoms with Crippen molar-refractivity contribution in [3.8, 4) is 11.5 Å². The van der Waals surface area contributed by atoms with E-state index in [1.54, 1.807) is 12.1 Å². The molecule has 0 bridgehead atoms. The highest BCUT2D eigenvalue weighted by Crippen LogP contribution is 2.36. The van der Waals surface area contributed by atoms with Crippen LogP contribution < -0.4 is 9.47 Å². The highest BCUT2D eigenvalue weighted by atomic mass is 19.1. The summed E-state index contributed by atoms with van der Waals surface area (Å²) in [7, 11) is 0. The number of aliphatic hydroxyl groups is 1. The lowest BCUT2D eigenvalue weighted by Crippen LogP contribution is -2.42. The number of hydrogen-bond acceptors (Lipinski definition) is 4. The molecule has 2 heterocycles. The van der Waals surface area contributed by atoms with Crippen LogP contribution in [0, 0.1) is 11.2 Å². The normalized spacial score (nSPS) is 19.0. The molecule has 4 nitrogen and oxygen atoms in total. The summed E-state index contributed by atoms with van der Waals surface area (Å²) in [5.41, 5.74) is 2.02. The van der Waals surface area contributed by atoms with E-state index in [4.69, 9.17) is 9.47 Å². The van der Waals surface area contributed by atoms with E-state index in [9.17, 15) is 9.50 Å². The molecule has 1 saturated heterocycles. The third-order valence-corrected chi connectivity index (χ3v) is 5.73. The molecule has 0 spiro atoms. The van der Waals surface area contributed by atoms with Gasteiger partial charge in [-0.15, -0.1) is 0 Å². The first-order chi connectivity index (χ1) is 13.2. The van der Waals surface area contributed by atoms with E-state index < -0.39 is 0 Å². The van der Waals surface area contributed by atoms with Crippen molar-refractivity contribution >= 4 is 0 Å². The molecular weight excluding hydrogens is 345 g/mol. The number of likely N-dealkylation sites (tertiary alicyclic amines) is 1. The summed E-state index contributed by atoms with van der Waals surface area (Å²) in [4.78, 5) is 2.41. The Morgan fingerprint density at radius 3 is 2.48 bits per heavy atom. The van der Waals surface area contributed by atoms with E-state index in [2.05, 4.69) is 17.0 Å². The molecule has 0 aliphatic carbocycles. The van der Waals surface area contributed by atoms with Crippen LogP contribution in [0.3, 0.4) is 0 Å². The Labute approximate surface area is 159 Å². The van der Waals surface area contributed by atoms with Crippen molar-refractivity contribution in [1.29, 1.82) is 0 Å². The molecule has 144 valence electrons. The van der Waals surface area contributed by atoms with E-state index >= 15 is 0 Å². The molecule has 0 amide bonds. The average molecular weight is 371 g/mol. The van der Waals surface area contributed by atoms with Crippen molar-refractivity contribution in [3.63, 3.8) is 0 Å². The summed E-state index contributed by atoms with van der Waals surface area (Å²) in [6.45, 7) is 4.04. The second kappa shape index (κ2) is 7.87. The van der Waals surface area contributed by atoms with Gasteiger partial charge in [0.05, 0.1) is 0 Å². The van der Waals surface area contributed by atoms with Crippen LogP contribution >= 0.6 is 0 Å². The van der Waals surface area contributed by atoms with Gasteiger partial charge in [0.2, 0.25) is 0 Å². The number of piperidine rings is 1. The molecule has 2 aliphatic heterocycles. The van der Waals surface area contributed by atoms with Crippen LogP contribution in [0.4, 0.5) is 4.39 Å². The maximum Gasteiger partial charge on any atom is 0.161 e. The van der Waals surface area contributed by atoms with Crippen molar-refractivity contribution in [2.45, 2.75) is 25.8 Å². The Bertz CT molecular complexity index is 787. The summed E-state index contributed by atoms with van der Waals surface area (Å²) in [6.07, 6.45) is 2.54. The van der Waals surface area contributed by atoms with Gasteiger partial charge in [-0.25, -0.2) is 4.39 Å². The lowest BCUT2D eigenvalue weighted by atomic mass is 9.74. The van der Waals surface area contributed by atoms with E-state index in [1.165, 1.54) is 11.6 Å². The lowest BCUT2D eigenvalue weighted by Gasteiger charge is -2.41. The van der Waals surface area contributed by atoms with Crippen LogP contribution in [0.1, 0.15) is 24.0 Å². The van der Waals surface area contributed by atoms with Gasteiger partial charge < -0.3 is 14.6 Å². The van der Waals surface area contributed by atoms with Crippen molar-refractivity contribution < 1.29 is 19.0 Å². The lowest BCUT2D eigenvalue weighted by molar-refractivity contribution is 0.0412. The summed E-state index contributed by atoms with van der Waals surface area (Å²) in [5, 5.41) is 10.0. The SMILES string of the molecule is OCC1(Cc2cccc(F)c2)CCN(Cc2ccc3c(c2)OCCO3)CC1. The predicted octanol–water partition coefficient (Wildman–Crippen LogP) is 3.41. The van der Waals surface area contributed by atoms with Crippen LogP contribution in [0.15, 0.2) is 42.5 Å². The molecule has 0 aromatic heterocycles. The number of fused-ring (bicyclic) bond motifs is 1. The maximum atomic E-state index is 13.5. The largest absolute Gasteiger partial charge is 0.486 e. The topological polar surface area (TPSA) is 41.9 Å². The number of rotatable bonds is 5. The second-order valence-electron chi connectivity index (χ2n) is 7.72. The minimum Gasteiger partial charge on any atom is -0.486 e. The Morgan fingerprint density at radius 2 is 1.74 bits per heavy atom. The standard InChI is InChI=1S/C22H26FNO3/c23-19-3-1-2-17(12-19)14-22(16-25)6-8-24(9-7-22)15-18-4-5-20-21(13-18)27-11-10-26-20/h1-5,12-13,25H,6-11,14-16H2. The van der Waals surface area contributed by atoms with Crippen LogP contribution in [0.25, 0.3) is 0 Å². The van der Waals surface area contributed by atoms with Gasteiger partial charge in [0.1, 0.15) is 19.0 Å². The molecule has 0 atom stereocenters. The number of halogens is 1. The highest BCUT2D eigenvalue weighted by molar-refractivity contribution is 5.43. The van der Waals surface area contributed by atoms with E-state index in [-0.39, 0.29) is 17.8 Å². The van der Waals surface area contributed by atoms with E-state index in [1.807, 2.05) is 12.1 Å². The second-order valence-corrected chi connectivity index (χ2v) is 7.72. The maximum absolute atomic E-state index is 13.5. The van der Waals surface area contributed by atoms with Gasteiger partial charge in [-0.05, 0) is 73.2 Å². The van der Waals surface area contributed by atoms with Crippen LogP contribution in [-0.4, -0.2) is 42.9 Å². The molecule has 0 saturated carbocycles. The van der Waals surface area contributed by atoms with Crippen molar-refractivity contribution in [1.82, 2.24) is 4.90 Å². The molecule has 0 unspecified atom stereocenters. The number of nitrogens with zero attached hydrogens (tertiary/aromatic N) is 1. The fourth-order valence-corrected chi connectivity index (χ4v) is 4.10.